The number of hydrogen-bond acceptors (Lipinski definition) is 3. The van der Waals surface area contributed by atoms with Crippen LogP contribution in [0.2, 0.25) is 0 Å². The van der Waals surface area contributed by atoms with Crippen molar-refractivity contribution in [1.29, 1.82) is 5.41 Å². The molecule has 4 aromatic rings. The van der Waals surface area contributed by atoms with Crippen LogP contribution in [0.25, 0.3) is 10.8 Å². The highest BCUT2D eigenvalue weighted by Crippen LogP contribution is 2.30. The van der Waals surface area contributed by atoms with Gasteiger partial charge in [0, 0.05) is 36.4 Å². The van der Waals surface area contributed by atoms with E-state index in [-0.39, 0.29) is 24.1 Å². The SMILES string of the molecule is Cl.N=C(N)c1ccc(CCC(=O)N2CCCc3cc(NCc4ccc5ccccc5c4)ccc32)cc1. The Morgan fingerprint density at radius 1 is 0.917 bits per heavy atom. The molecule has 1 heterocycles. The molecule has 0 unspecified atom stereocenters. The van der Waals surface area contributed by atoms with Gasteiger partial charge < -0.3 is 16.0 Å². The monoisotopic (exact) mass is 498 g/mol. The van der Waals surface area contributed by atoms with Gasteiger partial charge in [-0.1, -0.05) is 60.7 Å². The summed E-state index contributed by atoms with van der Waals surface area (Å²) < 4.78 is 0. The molecule has 36 heavy (non-hydrogen) atoms. The number of nitrogens with one attached hydrogen (secondary N) is 2. The number of benzene rings is 4. The number of nitrogens with zero attached hydrogens (tertiary/aromatic N) is 1. The number of hydrogen-bond donors (Lipinski definition) is 3. The summed E-state index contributed by atoms with van der Waals surface area (Å²) in [6.45, 7) is 1.52. The standard InChI is InChI=1S/C30H30N4O.ClH/c31-30(32)24-12-7-21(8-13-24)10-16-29(35)34-17-3-6-26-19-27(14-15-28(26)34)33-20-22-9-11-23-4-1-2-5-25(23)18-22;/h1-2,4-5,7-9,11-15,18-19,33H,3,6,10,16-17,20H2,(H3,31,32);1H. The molecule has 0 radical (unpaired) electrons. The molecule has 0 aromatic heterocycles. The number of nitrogens with two attached hydrogens (primary N) is 1. The summed E-state index contributed by atoms with van der Waals surface area (Å²) >= 11 is 0. The van der Waals surface area contributed by atoms with E-state index in [2.05, 4.69) is 66.0 Å². The van der Waals surface area contributed by atoms with Crippen LogP contribution >= 0.6 is 12.4 Å². The van der Waals surface area contributed by atoms with E-state index in [1.807, 2.05) is 29.2 Å². The fourth-order valence-corrected chi connectivity index (χ4v) is 4.76. The Hall–Kier alpha value is -3.83. The van der Waals surface area contributed by atoms with Gasteiger partial charge in [0.1, 0.15) is 5.84 Å². The molecule has 1 aliphatic rings. The van der Waals surface area contributed by atoms with Gasteiger partial charge in [-0.2, -0.15) is 0 Å². The minimum atomic E-state index is 0. The molecule has 0 aliphatic carbocycles. The number of fused-ring (bicyclic) bond motifs is 2. The molecule has 0 atom stereocenters. The molecule has 0 spiro atoms. The maximum Gasteiger partial charge on any atom is 0.227 e. The molecular formula is C30H31ClN4O. The zero-order valence-electron chi connectivity index (χ0n) is 20.2. The van der Waals surface area contributed by atoms with Crippen LogP contribution < -0.4 is 16.0 Å². The van der Waals surface area contributed by atoms with E-state index in [4.69, 9.17) is 11.1 Å². The van der Waals surface area contributed by atoms with Gasteiger partial charge in [0.15, 0.2) is 0 Å². The summed E-state index contributed by atoms with van der Waals surface area (Å²) in [6, 6.07) is 28.9. The van der Waals surface area contributed by atoms with Crippen molar-refractivity contribution in [3.8, 4) is 0 Å². The highest BCUT2D eigenvalue weighted by Gasteiger charge is 2.22. The molecule has 5 rings (SSSR count). The molecular weight excluding hydrogens is 468 g/mol. The van der Waals surface area contributed by atoms with Crippen LogP contribution in [-0.2, 0) is 24.2 Å². The molecule has 4 N–H and O–H groups in total. The number of carbonyl (C=O) groups excluding carboxylic acids is 1. The Kier molecular flexibility index (Phi) is 7.91. The fourth-order valence-electron chi connectivity index (χ4n) is 4.76. The lowest BCUT2D eigenvalue weighted by Crippen LogP contribution is -2.35. The summed E-state index contributed by atoms with van der Waals surface area (Å²) in [5.74, 6) is 0.210. The Morgan fingerprint density at radius 2 is 1.67 bits per heavy atom. The van der Waals surface area contributed by atoms with Gasteiger partial charge in [-0.25, -0.2) is 0 Å². The maximum atomic E-state index is 13.1. The lowest BCUT2D eigenvalue weighted by molar-refractivity contribution is -0.118. The van der Waals surface area contributed by atoms with Gasteiger partial charge in [0.2, 0.25) is 5.91 Å². The molecule has 0 fully saturated rings. The van der Waals surface area contributed by atoms with Crippen molar-refractivity contribution < 1.29 is 4.79 Å². The van der Waals surface area contributed by atoms with Gasteiger partial charge in [-0.05, 0) is 71.0 Å². The van der Waals surface area contributed by atoms with Gasteiger partial charge in [-0.15, -0.1) is 12.4 Å². The van der Waals surface area contributed by atoms with E-state index in [0.29, 0.717) is 18.4 Å². The second-order valence-corrected chi connectivity index (χ2v) is 9.14. The van der Waals surface area contributed by atoms with Crippen LogP contribution in [0.4, 0.5) is 11.4 Å². The number of nitrogen functional groups attached to an aromatic ring is 1. The molecule has 6 heteroatoms. The molecule has 4 aromatic carbocycles. The topological polar surface area (TPSA) is 82.2 Å². The van der Waals surface area contributed by atoms with E-state index >= 15 is 0 Å². The van der Waals surface area contributed by atoms with E-state index in [1.54, 1.807) is 0 Å². The first-order valence-electron chi connectivity index (χ1n) is 12.1. The van der Waals surface area contributed by atoms with Crippen LogP contribution in [0.5, 0.6) is 0 Å². The highest BCUT2D eigenvalue weighted by atomic mass is 35.5. The Labute approximate surface area is 218 Å². The zero-order chi connectivity index (χ0) is 24.2. The van der Waals surface area contributed by atoms with Gasteiger partial charge >= 0.3 is 0 Å². The predicted octanol–water partition coefficient (Wildman–Crippen LogP) is 6.07. The molecule has 1 aliphatic heterocycles. The van der Waals surface area contributed by atoms with Crippen molar-refractivity contribution in [3.05, 3.63) is 107 Å². The predicted molar refractivity (Wildman–Crippen MR) is 151 cm³/mol. The Bertz CT molecular complexity index is 1380. The average Bonchev–Trinajstić information content (AvgIpc) is 2.90. The second-order valence-electron chi connectivity index (χ2n) is 9.14. The first-order valence-corrected chi connectivity index (χ1v) is 12.1. The molecule has 5 nitrogen and oxygen atoms in total. The maximum absolute atomic E-state index is 13.1. The molecule has 184 valence electrons. The highest BCUT2D eigenvalue weighted by molar-refractivity contribution is 5.96. The van der Waals surface area contributed by atoms with Gasteiger partial charge in [0.25, 0.3) is 0 Å². The van der Waals surface area contributed by atoms with E-state index in [1.165, 1.54) is 21.9 Å². The number of carbonyl (C=O) groups is 1. The number of rotatable bonds is 7. The summed E-state index contributed by atoms with van der Waals surface area (Å²) in [6.07, 6.45) is 3.09. The van der Waals surface area contributed by atoms with E-state index in [9.17, 15) is 4.79 Å². The van der Waals surface area contributed by atoms with Crippen LogP contribution in [-0.4, -0.2) is 18.3 Å². The molecule has 0 saturated heterocycles. The molecule has 1 amide bonds. The van der Waals surface area contributed by atoms with Crippen LogP contribution in [0.3, 0.4) is 0 Å². The smallest absolute Gasteiger partial charge is 0.227 e. The third-order valence-corrected chi connectivity index (χ3v) is 6.70. The van der Waals surface area contributed by atoms with Crippen LogP contribution in [0.15, 0.2) is 84.9 Å². The van der Waals surface area contributed by atoms with E-state index < -0.39 is 0 Å². The van der Waals surface area contributed by atoms with Crippen molar-refractivity contribution in [2.45, 2.75) is 32.2 Å². The average molecular weight is 499 g/mol. The number of anilines is 2. The summed E-state index contributed by atoms with van der Waals surface area (Å²) in [5.41, 5.74) is 11.9. The zero-order valence-corrected chi connectivity index (χ0v) is 21.0. The fraction of sp³-hybridized carbons (Fsp3) is 0.200. The quantitative estimate of drug-likeness (QED) is 0.213. The van der Waals surface area contributed by atoms with Crippen molar-refractivity contribution in [2.75, 3.05) is 16.8 Å². The van der Waals surface area contributed by atoms with E-state index in [0.717, 1.165) is 42.9 Å². The van der Waals surface area contributed by atoms with Crippen molar-refractivity contribution >= 4 is 46.3 Å². The largest absolute Gasteiger partial charge is 0.384 e. The molecule has 0 bridgehead atoms. The number of aryl methyl sites for hydroxylation is 2. The third-order valence-electron chi connectivity index (χ3n) is 6.70. The number of amides is 1. The number of halogens is 1. The lowest BCUT2D eigenvalue weighted by Gasteiger charge is -2.30. The van der Waals surface area contributed by atoms with Crippen molar-refractivity contribution in [3.63, 3.8) is 0 Å². The lowest BCUT2D eigenvalue weighted by atomic mass is 9.99. The Balaban J connectivity index is 0.00000304. The van der Waals surface area contributed by atoms with Crippen molar-refractivity contribution in [1.82, 2.24) is 0 Å². The van der Waals surface area contributed by atoms with Gasteiger partial charge in [-0.3, -0.25) is 10.2 Å². The minimum absolute atomic E-state index is 0. The third kappa shape index (κ3) is 5.69. The van der Waals surface area contributed by atoms with Gasteiger partial charge in [0.05, 0.1) is 0 Å². The normalized spacial score (nSPS) is 12.5. The minimum Gasteiger partial charge on any atom is -0.384 e. The molecule has 0 saturated carbocycles. The Morgan fingerprint density at radius 3 is 2.44 bits per heavy atom. The van der Waals surface area contributed by atoms with Crippen LogP contribution in [0.1, 0.15) is 35.1 Å². The second kappa shape index (κ2) is 11.3. The summed E-state index contributed by atoms with van der Waals surface area (Å²) in [4.78, 5) is 15.0. The van der Waals surface area contributed by atoms with Crippen molar-refractivity contribution in [2.24, 2.45) is 5.73 Å². The summed E-state index contributed by atoms with van der Waals surface area (Å²) in [5, 5.41) is 13.6. The first-order chi connectivity index (χ1) is 17.1. The number of amidine groups is 1. The van der Waals surface area contributed by atoms with Crippen LogP contribution in [0, 0.1) is 5.41 Å². The first kappa shape index (κ1) is 25.3. The summed E-state index contributed by atoms with van der Waals surface area (Å²) in [7, 11) is 0.